The van der Waals surface area contributed by atoms with E-state index in [4.69, 9.17) is 15.5 Å². The third kappa shape index (κ3) is 3.85. The Morgan fingerprint density at radius 3 is 2.77 bits per heavy atom. The highest BCUT2D eigenvalue weighted by Gasteiger charge is 2.26. The summed E-state index contributed by atoms with van der Waals surface area (Å²) in [5, 5.41) is 11.2. The van der Waals surface area contributed by atoms with E-state index in [1.54, 1.807) is 23.6 Å². The molecule has 1 aromatic carbocycles. The number of rotatable bonds is 4. The minimum absolute atomic E-state index is 0.0576. The minimum atomic E-state index is -0.0576. The summed E-state index contributed by atoms with van der Waals surface area (Å²) >= 11 is 1.66. The summed E-state index contributed by atoms with van der Waals surface area (Å²) in [7, 11) is 0. The highest BCUT2D eigenvalue weighted by molar-refractivity contribution is 7.22. The van der Waals surface area contributed by atoms with Crippen molar-refractivity contribution in [2.24, 2.45) is 0 Å². The van der Waals surface area contributed by atoms with Crippen molar-refractivity contribution in [1.29, 1.82) is 0 Å². The molecule has 1 aliphatic heterocycles. The molecule has 0 aliphatic carbocycles. The van der Waals surface area contributed by atoms with Crippen molar-refractivity contribution in [2.45, 2.75) is 13.0 Å². The van der Waals surface area contributed by atoms with E-state index in [0.717, 1.165) is 50.6 Å². The third-order valence-electron chi connectivity index (χ3n) is 5.63. The molecule has 1 atom stereocenters. The molecule has 0 amide bonds. The number of benzene rings is 1. The number of anilines is 1. The lowest BCUT2D eigenvalue weighted by Gasteiger charge is -2.34. The fraction of sp³-hybridized carbons (Fsp3) is 0.261. The molecule has 3 N–H and O–H groups in total. The second-order valence-electron chi connectivity index (χ2n) is 7.61. The maximum atomic E-state index is 10.1. The molecule has 4 aromatic rings. The molecule has 0 radical (unpaired) electrons. The van der Waals surface area contributed by atoms with Gasteiger partial charge in [0.05, 0.1) is 40.2 Å². The van der Waals surface area contributed by atoms with E-state index < -0.39 is 0 Å². The van der Waals surface area contributed by atoms with Gasteiger partial charge in [-0.15, -0.1) is 11.3 Å². The average Bonchev–Trinajstić information content (AvgIpc) is 3.11. The van der Waals surface area contributed by atoms with Gasteiger partial charge in [0.15, 0.2) is 0 Å². The third-order valence-corrected chi connectivity index (χ3v) is 6.89. The molecule has 0 spiro atoms. The van der Waals surface area contributed by atoms with Crippen LogP contribution in [0.25, 0.3) is 20.7 Å². The number of morpholine rings is 1. The number of nitrogens with zero attached hydrogens (tertiary/aromatic N) is 4. The Balaban J connectivity index is 1.62. The number of nitrogens with two attached hydrogens (primary N) is 1. The fourth-order valence-electron chi connectivity index (χ4n) is 4.14. The van der Waals surface area contributed by atoms with Crippen LogP contribution in [0.1, 0.15) is 22.9 Å². The fourth-order valence-corrected chi connectivity index (χ4v) is 5.26. The molecule has 1 saturated heterocycles. The van der Waals surface area contributed by atoms with Crippen molar-refractivity contribution in [3.05, 3.63) is 65.6 Å². The molecule has 31 heavy (non-hydrogen) atoms. The van der Waals surface area contributed by atoms with Crippen molar-refractivity contribution in [3.8, 4) is 16.3 Å². The summed E-state index contributed by atoms with van der Waals surface area (Å²) in [6, 6.07) is 11.4. The maximum absolute atomic E-state index is 10.1. The zero-order valence-corrected chi connectivity index (χ0v) is 18.0. The van der Waals surface area contributed by atoms with Crippen molar-refractivity contribution >= 4 is 27.4 Å². The summed E-state index contributed by atoms with van der Waals surface area (Å²) in [5.74, 6) is 0.525. The Hall–Kier alpha value is -3.07. The number of phenolic OH excluding ortho intramolecular Hbond substituents is 1. The van der Waals surface area contributed by atoms with E-state index >= 15 is 0 Å². The average molecular weight is 434 g/mol. The predicted octanol–water partition coefficient (Wildman–Crippen LogP) is 3.77. The normalized spacial score (nSPS) is 15.9. The van der Waals surface area contributed by atoms with Crippen LogP contribution in [0.2, 0.25) is 0 Å². The van der Waals surface area contributed by atoms with Crippen LogP contribution in [0.3, 0.4) is 0 Å². The zero-order valence-electron chi connectivity index (χ0n) is 17.2. The molecular formula is C23H23N5O2S. The van der Waals surface area contributed by atoms with Gasteiger partial charge in [-0.3, -0.25) is 9.88 Å². The van der Waals surface area contributed by atoms with Crippen molar-refractivity contribution < 1.29 is 9.84 Å². The van der Waals surface area contributed by atoms with Crippen LogP contribution in [0.5, 0.6) is 5.75 Å². The smallest absolute Gasteiger partial charge is 0.220 e. The quantitative estimate of drug-likeness (QED) is 0.506. The maximum Gasteiger partial charge on any atom is 0.220 e. The van der Waals surface area contributed by atoms with E-state index in [-0.39, 0.29) is 17.7 Å². The summed E-state index contributed by atoms with van der Waals surface area (Å²) < 4.78 is 6.67. The van der Waals surface area contributed by atoms with Crippen LogP contribution in [-0.4, -0.2) is 51.3 Å². The number of aryl methyl sites for hydroxylation is 1. The Labute approximate surface area is 184 Å². The molecule has 8 heteroatoms. The molecule has 7 nitrogen and oxygen atoms in total. The first-order chi connectivity index (χ1) is 15.1. The van der Waals surface area contributed by atoms with Gasteiger partial charge in [0.25, 0.3) is 0 Å². The summed E-state index contributed by atoms with van der Waals surface area (Å²) in [4.78, 5) is 16.7. The van der Waals surface area contributed by atoms with Gasteiger partial charge in [0, 0.05) is 25.5 Å². The molecule has 0 saturated carbocycles. The lowest BCUT2D eigenvalue weighted by molar-refractivity contribution is 0.0232. The number of ether oxygens (including phenoxy) is 1. The molecule has 1 aliphatic rings. The predicted molar refractivity (Wildman–Crippen MR) is 122 cm³/mol. The summed E-state index contributed by atoms with van der Waals surface area (Å²) in [5.41, 5.74) is 9.75. The Morgan fingerprint density at radius 2 is 2.00 bits per heavy atom. The number of phenols is 1. The molecule has 0 bridgehead atoms. The lowest BCUT2D eigenvalue weighted by Crippen LogP contribution is -2.39. The second-order valence-corrected chi connectivity index (χ2v) is 8.66. The number of thiophene rings is 1. The van der Waals surface area contributed by atoms with Crippen LogP contribution < -0.4 is 5.73 Å². The highest BCUT2D eigenvalue weighted by Crippen LogP contribution is 2.39. The van der Waals surface area contributed by atoms with Gasteiger partial charge in [-0.25, -0.2) is 9.97 Å². The number of fused-ring (bicyclic) bond motifs is 1. The van der Waals surface area contributed by atoms with Gasteiger partial charge in [0.1, 0.15) is 5.75 Å². The monoisotopic (exact) mass is 433 g/mol. The van der Waals surface area contributed by atoms with Gasteiger partial charge in [-0.1, -0.05) is 12.1 Å². The van der Waals surface area contributed by atoms with Gasteiger partial charge in [-0.2, -0.15) is 0 Å². The second kappa shape index (κ2) is 8.22. The Bertz CT molecular complexity index is 1240. The van der Waals surface area contributed by atoms with E-state index in [0.29, 0.717) is 13.2 Å². The van der Waals surface area contributed by atoms with E-state index in [1.807, 2.05) is 30.5 Å². The highest BCUT2D eigenvalue weighted by atomic mass is 32.1. The molecule has 1 fully saturated rings. The number of aromatic hydroxyl groups is 1. The first-order valence-corrected chi connectivity index (χ1v) is 11.0. The molecule has 158 valence electrons. The van der Waals surface area contributed by atoms with Crippen LogP contribution in [-0.2, 0) is 4.74 Å². The zero-order chi connectivity index (χ0) is 21.4. The van der Waals surface area contributed by atoms with Crippen LogP contribution in [0.4, 0.5) is 5.95 Å². The first kappa shape index (κ1) is 19.9. The molecule has 3 aromatic heterocycles. The van der Waals surface area contributed by atoms with Gasteiger partial charge >= 0.3 is 0 Å². The molecule has 4 heterocycles. The lowest BCUT2D eigenvalue weighted by atomic mass is 9.99. The van der Waals surface area contributed by atoms with E-state index in [9.17, 15) is 5.11 Å². The van der Waals surface area contributed by atoms with Crippen LogP contribution in [0, 0.1) is 6.92 Å². The summed E-state index contributed by atoms with van der Waals surface area (Å²) in [6.07, 6.45) is 3.62. The number of hydrogen-bond donors (Lipinski definition) is 2. The Kier molecular flexibility index (Phi) is 5.27. The number of aromatic nitrogens is 3. The largest absolute Gasteiger partial charge is 0.508 e. The van der Waals surface area contributed by atoms with Gasteiger partial charge in [0.2, 0.25) is 5.95 Å². The Morgan fingerprint density at radius 1 is 1.16 bits per heavy atom. The molecule has 1 unspecified atom stereocenters. The number of nitrogen functional groups attached to an aromatic ring is 1. The van der Waals surface area contributed by atoms with Crippen molar-refractivity contribution in [1.82, 2.24) is 19.9 Å². The number of pyridine rings is 1. The van der Waals surface area contributed by atoms with Gasteiger partial charge in [-0.05, 0) is 47.7 Å². The van der Waals surface area contributed by atoms with Crippen molar-refractivity contribution in [2.75, 3.05) is 32.0 Å². The van der Waals surface area contributed by atoms with Crippen molar-refractivity contribution in [3.63, 3.8) is 0 Å². The van der Waals surface area contributed by atoms with E-state index in [1.165, 1.54) is 0 Å². The van der Waals surface area contributed by atoms with E-state index in [2.05, 4.69) is 27.9 Å². The summed E-state index contributed by atoms with van der Waals surface area (Å²) in [6.45, 7) is 5.11. The SMILES string of the molecule is Cc1c(-c2ccnc(N)n2)sc2cnc(C(c3cccc(O)c3)N3CCOCC3)cc12. The van der Waals surface area contributed by atoms with Crippen LogP contribution >= 0.6 is 11.3 Å². The molecular weight excluding hydrogens is 410 g/mol. The standard InChI is InChI=1S/C23H23N5O2S/c1-14-17-12-19(26-13-20(17)31-22(14)18-5-6-25-23(24)27-18)21(28-7-9-30-10-8-28)15-3-2-4-16(29)11-15/h2-6,11-13,21,29H,7-10H2,1H3,(H2,24,25,27). The topological polar surface area (TPSA) is 97.4 Å². The van der Waals surface area contributed by atoms with Gasteiger partial charge < -0.3 is 15.6 Å². The molecule has 5 rings (SSSR count). The number of hydrogen-bond acceptors (Lipinski definition) is 8. The minimum Gasteiger partial charge on any atom is -0.508 e. The first-order valence-electron chi connectivity index (χ1n) is 10.2. The van der Waals surface area contributed by atoms with Crippen LogP contribution in [0.15, 0.2) is 48.8 Å².